The average Bonchev–Trinajstić information content (AvgIpc) is 2.67. The van der Waals surface area contributed by atoms with Crippen molar-refractivity contribution in [3.05, 3.63) is 84.6 Å². The molecule has 1 aromatic heterocycles. The van der Waals surface area contributed by atoms with E-state index in [2.05, 4.69) is 78.9 Å². The Hall–Kier alpha value is -3.26. The van der Waals surface area contributed by atoms with Gasteiger partial charge in [-0.1, -0.05) is 66.7 Å². The maximum atomic E-state index is 5.02. The lowest BCUT2D eigenvalue weighted by molar-refractivity contribution is 1.19. The van der Waals surface area contributed by atoms with Crippen molar-refractivity contribution < 1.29 is 0 Å². The molecule has 0 fully saturated rings. The quantitative estimate of drug-likeness (QED) is 0.359. The van der Waals surface area contributed by atoms with Crippen LogP contribution in [0.3, 0.4) is 0 Å². The largest absolute Gasteiger partial charge is 0.249 e. The van der Waals surface area contributed by atoms with Crippen molar-refractivity contribution in [3.63, 3.8) is 0 Å². The van der Waals surface area contributed by atoms with Gasteiger partial charge in [0, 0.05) is 10.9 Å². The number of aryl methyl sites for hydroxylation is 1. The van der Waals surface area contributed by atoms with Gasteiger partial charge < -0.3 is 0 Å². The zero-order valence-electron chi connectivity index (χ0n) is 13.9. The van der Waals surface area contributed by atoms with Crippen molar-refractivity contribution in [1.82, 2.24) is 9.97 Å². The summed E-state index contributed by atoms with van der Waals surface area (Å²) in [5.74, 6) is 0. The van der Waals surface area contributed by atoms with E-state index >= 15 is 0 Å². The lowest BCUT2D eigenvalue weighted by atomic mass is 10.0. The van der Waals surface area contributed by atoms with Crippen molar-refractivity contribution in [1.29, 1.82) is 0 Å². The molecule has 2 nitrogen and oxygen atoms in total. The van der Waals surface area contributed by atoms with Crippen LogP contribution in [0.15, 0.2) is 78.9 Å². The first-order valence-corrected chi connectivity index (χ1v) is 8.45. The van der Waals surface area contributed by atoms with Gasteiger partial charge in [0.05, 0.1) is 22.4 Å². The number of hydrogen-bond donors (Lipinski definition) is 0. The van der Waals surface area contributed by atoms with E-state index in [1.165, 1.54) is 16.2 Å². The van der Waals surface area contributed by atoms with E-state index in [9.17, 15) is 0 Å². The highest BCUT2D eigenvalue weighted by Crippen LogP contribution is 2.29. The fraction of sp³-hybridized carbons (Fsp3) is 0.0435. The van der Waals surface area contributed by atoms with Gasteiger partial charge in [-0.3, -0.25) is 0 Å². The van der Waals surface area contributed by atoms with Crippen molar-refractivity contribution in [2.24, 2.45) is 0 Å². The van der Waals surface area contributed by atoms with Gasteiger partial charge in [0.2, 0.25) is 0 Å². The fourth-order valence-electron chi connectivity index (χ4n) is 3.49. The summed E-state index contributed by atoms with van der Waals surface area (Å²) in [6.07, 6.45) is 0. The number of aromatic nitrogens is 2. The summed E-state index contributed by atoms with van der Waals surface area (Å²) < 4.78 is 0. The molecule has 25 heavy (non-hydrogen) atoms. The van der Waals surface area contributed by atoms with Gasteiger partial charge in [0.25, 0.3) is 0 Å². The van der Waals surface area contributed by atoms with Gasteiger partial charge >= 0.3 is 0 Å². The van der Waals surface area contributed by atoms with Crippen LogP contribution in [0, 0.1) is 6.92 Å². The van der Waals surface area contributed by atoms with E-state index in [-0.39, 0.29) is 0 Å². The summed E-state index contributed by atoms with van der Waals surface area (Å²) in [5, 5.41) is 4.80. The van der Waals surface area contributed by atoms with Gasteiger partial charge in [-0.05, 0) is 35.2 Å². The van der Waals surface area contributed by atoms with E-state index < -0.39 is 0 Å². The molecule has 0 aliphatic carbocycles. The summed E-state index contributed by atoms with van der Waals surface area (Å²) >= 11 is 0. The first-order chi connectivity index (χ1) is 12.3. The molecule has 0 spiro atoms. The van der Waals surface area contributed by atoms with E-state index in [0.29, 0.717) is 0 Å². The van der Waals surface area contributed by atoms with Gasteiger partial charge in [0.1, 0.15) is 0 Å². The van der Waals surface area contributed by atoms with Crippen LogP contribution >= 0.6 is 0 Å². The molecule has 5 rings (SSSR count). The first kappa shape index (κ1) is 14.1. The van der Waals surface area contributed by atoms with Crippen LogP contribution in [-0.2, 0) is 0 Å². The van der Waals surface area contributed by atoms with Gasteiger partial charge in [-0.2, -0.15) is 0 Å². The van der Waals surface area contributed by atoms with Crippen LogP contribution in [0.5, 0.6) is 0 Å². The maximum Gasteiger partial charge on any atom is 0.0972 e. The number of benzene rings is 4. The average molecular weight is 320 g/mol. The second-order valence-electron chi connectivity index (χ2n) is 6.37. The SMILES string of the molecule is Cc1nc2ccc3ccccc3c2nc1-c1ccc2ccccc2c1. The van der Waals surface area contributed by atoms with Gasteiger partial charge in [0.15, 0.2) is 0 Å². The fourth-order valence-corrected chi connectivity index (χ4v) is 3.49. The van der Waals surface area contributed by atoms with E-state index in [1.54, 1.807) is 0 Å². The molecule has 0 N–H and O–H groups in total. The predicted molar refractivity (Wildman–Crippen MR) is 105 cm³/mol. The summed E-state index contributed by atoms with van der Waals surface area (Å²) in [6, 6.07) is 27.4. The molecule has 2 heteroatoms. The molecule has 0 aliphatic rings. The molecule has 1 heterocycles. The highest BCUT2D eigenvalue weighted by molar-refractivity contribution is 6.04. The van der Waals surface area contributed by atoms with E-state index in [0.717, 1.165) is 33.4 Å². The Labute approximate surface area is 145 Å². The number of hydrogen-bond acceptors (Lipinski definition) is 2. The Balaban J connectivity index is 1.82. The molecule has 0 radical (unpaired) electrons. The Morgan fingerprint density at radius 3 is 2.24 bits per heavy atom. The normalized spacial score (nSPS) is 11.4. The maximum absolute atomic E-state index is 5.02. The molecular weight excluding hydrogens is 304 g/mol. The Kier molecular flexibility index (Phi) is 3.04. The molecule has 0 bridgehead atoms. The molecule has 0 saturated heterocycles. The second kappa shape index (κ2) is 5.38. The molecule has 0 saturated carbocycles. The number of nitrogens with zero attached hydrogens (tertiary/aromatic N) is 2. The van der Waals surface area contributed by atoms with Crippen molar-refractivity contribution >= 4 is 32.6 Å². The molecular formula is C23H16N2. The van der Waals surface area contributed by atoms with Crippen LogP contribution in [0.2, 0.25) is 0 Å². The third-order valence-corrected chi connectivity index (χ3v) is 4.76. The highest BCUT2D eigenvalue weighted by atomic mass is 14.8. The standard InChI is InChI=1S/C23H16N2/c1-15-22(19-11-10-16-6-2-3-8-18(16)14-19)25-23-20-9-5-4-7-17(20)12-13-21(23)24-15/h2-14H,1H3. The van der Waals surface area contributed by atoms with E-state index in [1.807, 2.05) is 6.92 Å². The van der Waals surface area contributed by atoms with Crippen LogP contribution < -0.4 is 0 Å². The summed E-state index contributed by atoms with van der Waals surface area (Å²) in [5.41, 5.74) is 4.93. The lowest BCUT2D eigenvalue weighted by Crippen LogP contribution is -1.95. The minimum atomic E-state index is 0.945. The molecule has 5 aromatic rings. The highest BCUT2D eigenvalue weighted by Gasteiger charge is 2.10. The van der Waals surface area contributed by atoms with Gasteiger partial charge in [-0.15, -0.1) is 0 Å². The summed E-state index contributed by atoms with van der Waals surface area (Å²) in [4.78, 5) is 9.84. The van der Waals surface area contributed by atoms with Crippen LogP contribution in [0.4, 0.5) is 0 Å². The lowest BCUT2D eigenvalue weighted by Gasteiger charge is -2.10. The third-order valence-electron chi connectivity index (χ3n) is 4.76. The Morgan fingerprint density at radius 2 is 1.36 bits per heavy atom. The monoisotopic (exact) mass is 320 g/mol. The van der Waals surface area contributed by atoms with E-state index in [4.69, 9.17) is 9.97 Å². The minimum Gasteiger partial charge on any atom is -0.249 e. The number of fused-ring (bicyclic) bond motifs is 4. The molecule has 118 valence electrons. The predicted octanol–water partition coefficient (Wildman–Crippen LogP) is 5.91. The molecule has 0 amide bonds. The Bertz CT molecular complexity index is 1260. The van der Waals surface area contributed by atoms with Crippen LogP contribution in [0.25, 0.3) is 43.8 Å². The van der Waals surface area contributed by atoms with Crippen LogP contribution in [0.1, 0.15) is 5.69 Å². The van der Waals surface area contributed by atoms with Crippen molar-refractivity contribution in [2.45, 2.75) is 6.92 Å². The number of rotatable bonds is 1. The third kappa shape index (κ3) is 2.26. The minimum absolute atomic E-state index is 0.945. The molecule has 0 aliphatic heterocycles. The first-order valence-electron chi connectivity index (χ1n) is 8.45. The summed E-state index contributed by atoms with van der Waals surface area (Å²) in [7, 11) is 0. The zero-order chi connectivity index (χ0) is 16.8. The van der Waals surface area contributed by atoms with Crippen LogP contribution in [-0.4, -0.2) is 9.97 Å². The molecule has 0 atom stereocenters. The smallest absolute Gasteiger partial charge is 0.0972 e. The second-order valence-corrected chi connectivity index (χ2v) is 6.37. The van der Waals surface area contributed by atoms with Crippen molar-refractivity contribution in [2.75, 3.05) is 0 Å². The molecule has 4 aromatic carbocycles. The topological polar surface area (TPSA) is 25.8 Å². The van der Waals surface area contributed by atoms with Crippen molar-refractivity contribution in [3.8, 4) is 11.3 Å². The zero-order valence-corrected chi connectivity index (χ0v) is 13.9. The van der Waals surface area contributed by atoms with Gasteiger partial charge in [-0.25, -0.2) is 9.97 Å². The summed E-state index contributed by atoms with van der Waals surface area (Å²) in [6.45, 7) is 2.03. The molecule has 0 unspecified atom stereocenters. The Morgan fingerprint density at radius 1 is 0.640 bits per heavy atom.